The van der Waals surface area contributed by atoms with Crippen molar-refractivity contribution in [2.45, 2.75) is 11.8 Å². The Balaban J connectivity index is 2.01. The lowest BCUT2D eigenvalue weighted by Gasteiger charge is -2.15. The number of oxime groups is 1. The Morgan fingerprint density at radius 2 is 1.73 bits per heavy atom. The van der Waals surface area contributed by atoms with Gasteiger partial charge in [-0.3, -0.25) is 0 Å². The molecule has 0 spiro atoms. The average molecular weight is 440 g/mol. The van der Waals surface area contributed by atoms with Crippen LogP contribution in [-0.2, 0) is 19.7 Å². The van der Waals surface area contributed by atoms with E-state index in [4.69, 9.17) is 10.6 Å². The second-order valence-corrected chi connectivity index (χ2v) is 8.48. The zero-order valence-electron chi connectivity index (χ0n) is 14.2. The summed E-state index contributed by atoms with van der Waals surface area (Å²) in [6.07, 6.45) is 0. The number of hydrogen-bond acceptors (Lipinski definition) is 5. The maximum atomic E-state index is 12.4. The molecule has 0 bridgehead atoms. The van der Waals surface area contributed by atoms with Crippen LogP contribution in [0.4, 0.5) is 0 Å². The Labute approximate surface area is 160 Å². The van der Waals surface area contributed by atoms with E-state index in [1.54, 1.807) is 36.4 Å². The lowest BCUT2D eigenvalue weighted by Crippen LogP contribution is -2.32. The van der Waals surface area contributed by atoms with E-state index in [1.165, 1.54) is 19.2 Å². The van der Waals surface area contributed by atoms with Crippen molar-refractivity contribution < 1.29 is 18.0 Å². The highest BCUT2D eigenvalue weighted by Gasteiger charge is 2.23. The van der Waals surface area contributed by atoms with Crippen molar-refractivity contribution in [1.29, 1.82) is 0 Å². The molecule has 2 aromatic carbocycles. The topological polar surface area (TPSA) is 102 Å². The second-order valence-electron chi connectivity index (χ2n) is 5.52. The SMILES string of the molecule is Cc1ccc(S(=O)(=O)N(C)CC(=O)O/N=C(\N)c2ccc(Br)cc2)cc1. The summed E-state index contributed by atoms with van der Waals surface area (Å²) in [4.78, 5) is 16.7. The van der Waals surface area contributed by atoms with E-state index in [2.05, 4.69) is 21.1 Å². The number of carbonyl (C=O) groups is 1. The van der Waals surface area contributed by atoms with Crippen LogP contribution in [-0.4, -0.2) is 38.1 Å². The molecule has 0 saturated carbocycles. The summed E-state index contributed by atoms with van der Waals surface area (Å²) >= 11 is 3.30. The van der Waals surface area contributed by atoms with Crippen molar-refractivity contribution in [3.8, 4) is 0 Å². The fourth-order valence-electron chi connectivity index (χ4n) is 1.96. The molecule has 9 heteroatoms. The first-order valence-electron chi connectivity index (χ1n) is 7.52. The number of carbonyl (C=O) groups excluding carboxylic acids is 1. The van der Waals surface area contributed by atoms with Gasteiger partial charge < -0.3 is 10.6 Å². The smallest absolute Gasteiger partial charge is 0.350 e. The van der Waals surface area contributed by atoms with Gasteiger partial charge >= 0.3 is 5.97 Å². The number of nitrogens with two attached hydrogens (primary N) is 1. The standard InChI is InChI=1S/C17H18BrN3O4S/c1-12-3-9-15(10-4-12)26(23,24)21(2)11-16(22)25-20-17(19)13-5-7-14(18)8-6-13/h3-10H,11H2,1-2H3,(H2,19,20). The summed E-state index contributed by atoms with van der Waals surface area (Å²) < 4.78 is 26.6. The molecular weight excluding hydrogens is 422 g/mol. The van der Waals surface area contributed by atoms with Crippen LogP contribution in [0.1, 0.15) is 11.1 Å². The molecule has 0 heterocycles. The molecule has 0 atom stereocenters. The quantitative estimate of drug-likeness (QED) is 0.321. The molecule has 0 aromatic heterocycles. The van der Waals surface area contributed by atoms with E-state index in [0.29, 0.717) is 5.56 Å². The summed E-state index contributed by atoms with van der Waals surface area (Å²) in [6, 6.07) is 13.3. The molecule has 0 amide bonds. The van der Waals surface area contributed by atoms with Gasteiger partial charge in [-0.1, -0.05) is 50.9 Å². The third kappa shape index (κ3) is 5.13. The summed E-state index contributed by atoms with van der Waals surface area (Å²) in [5.41, 5.74) is 7.25. The Morgan fingerprint density at radius 1 is 1.15 bits per heavy atom. The second kappa shape index (κ2) is 8.43. The normalized spacial score (nSPS) is 12.2. The molecular formula is C17H18BrN3O4S. The number of sulfonamides is 1. The Morgan fingerprint density at radius 3 is 2.31 bits per heavy atom. The maximum absolute atomic E-state index is 12.4. The van der Waals surface area contributed by atoms with Gasteiger partial charge in [0.2, 0.25) is 10.0 Å². The Bertz CT molecular complexity index is 910. The maximum Gasteiger partial charge on any atom is 0.350 e. The van der Waals surface area contributed by atoms with Crippen LogP contribution in [0.15, 0.2) is 63.1 Å². The molecule has 0 radical (unpaired) electrons. The first kappa shape index (κ1) is 20.1. The van der Waals surface area contributed by atoms with Gasteiger partial charge in [0, 0.05) is 17.1 Å². The predicted molar refractivity (Wildman–Crippen MR) is 102 cm³/mol. The summed E-state index contributed by atoms with van der Waals surface area (Å²) in [7, 11) is -2.51. The number of halogens is 1. The van der Waals surface area contributed by atoms with Crippen molar-refractivity contribution in [2.75, 3.05) is 13.6 Å². The van der Waals surface area contributed by atoms with Crippen LogP contribution in [0.5, 0.6) is 0 Å². The molecule has 2 rings (SSSR count). The van der Waals surface area contributed by atoms with E-state index in [0.717, 1.165) is 14.3 Å². The largest absolute Gasteiger partial charge is 0.380 e. The molecule has 0 unspecified atom stereocenters. The minimum atomic E-state index is -3.80. The monoisotopic (exact) mass is 439 g/mol. The van der Waals surface area contributed by atoms with Gasteiger partial charge in [-0.25, -0.2) is 13.2 Å². The van der Waals surface area contributed by atoms with E-state index >= 15 is 0 Å². The number of hydrogen-bond donors (Lipinski definition) is 1. The van der Waals surface area contributed by atoms with Crippen molar-refractivity contribution in [3.63, 3.8) is 0 Å². The zero-order chi connectivity index (χ0) is 19.3. The van der Waals surface area contributed by atoms with Gasteiger partial charge in [0.1, 0.15) is 6.54 Å². The highest BCUT2D eigenvalue weighted by Crippen LogP contribution is 2.15. The Kier molecular flexibility index (Phi) is 6.52. The number of nitrogens with zero attached hydrogens (tertiary/aromatic N) is 2. The average Bonchev–Trinajstić information content (AvgIpc) is 2.60. The molecule has 138 valence electrons. The van der Waals surface area contributed by atoms with Gasteiger partial charge in [-0.2, -0.15) is 4.31 Å². The van der Waals surface area contributed by atoms with Crippen molar-refractivity contribution in [2.24, 2.45) is 10.9 Å². The molecule has 7 nitrogen and oxygen atoms in total. The van der Waals surface area contributed by atoms with Gasteiger partial charge in [0.15, 0.2) is 5.84 Å². The van der Waals surface area contributed by atoms with Crippen LogP contribution < -0.4 is 5.73 Å². The van der Waals surface area contributed by atoms with Gasteiger partial charge in [-0.15, -0.1) is 0 Å². The molecule has 0 fully saturated rings. The number of amidine groups is 1. The minimum absolute atomic E-state index is 0.00916. The summed E-state index contributed by atoms with van der Waals surface area (Å²) in [5, 5.41) is 3.55. The number of benzene rings is 2. The van der Waals surface area contributed by atoms with Crippen molar-refractivity contribution in [3.05, 3.63) is 64.1 Å². The lowest BCUT2D eigenvalue weighted by molar-refractivity contribution is -0.143. The third-order valence-corrected chi connectivity index (χ3v) is 5.81. The number of aryl methyl sites for hydroxylation is 1. The van der Waals surface area contributed by atoms with Crippen molar-refractivity contribution >= 4 is 37.8 Å². The highest BCUT2D eigenvalue weighted by atomic mass is 79.9. The summed E-state index contributed by atoms with van der Waals surface area (Å²) in [6.45, 7) is 1.36. The molecule has 26 heavy (non-hydrogen) atoms. The van der Waals surface area contributed by atoms with E-state index in [1.807, 2.05) is 6.92 Å². The highest BCUT2D eigenvalue weighted by molar-refractivity contribution is 9.10. The fraction of sp³-hybridized carbons (Fsp3) is 0.176. The van der Waals surface area contributed by atoms with E-state index < -0.39 is 22.5 Å². The van der Waals surface area contributed by atoms with Gasteiger partial charge in [0.25, 0.3) is 0 Å². The molecule has 2 N–H and O–H groups in total. The summed E-state index contributed by atoms with van der Waals surface area (Å²) in [5.74, 6) is -0.835. The predicted octanol–water partition coefficient (Wildman–Crippen LogP) is 2.24. The van der Waals surface area contributed by atoms with Crippen LogP contribution in [0, 0.1) is 6.92 Å². The van der Waals surface area contributed by atoms with Gasteiger partial charge in [0.05, 0.1) is 4.90 Å². The van der Waals surface area contributed by atoms with Crippen molar-refractivity contribution in [1.82, 2.24) is 4.31 Å². The lowest BCUT2D eigenvalue weighted by atomic mass is 10.2. The number of rotatable bonds is 6. The minimum Gasteiger partial charge on any atom is -0.380 e. The fourth-order valence-corrected chi connectivity index (χ4v) is 3.34. The molecule has 0 aliphatic carbocycles. The van der Waals surface area contributed by atoms with E-state index in [9.17, 15) is 13.2 Å². The molecule has 0 aliphatic rings. The third-order valence-electron chi connectivity index (χ3n) is 3.47. The first-order chi connectivity index (χ1) is 12.2. The van der Waals surface area contributed by atoms with Crippen LogP contribution >= 0.6 is 15.9 Å². The molecule has 0 saturated heterocycles. The first-order valence-corrected chi connectivity index (χ1v) is 9.75. The van der Waals surface area contributed by atoms with E-state index in [-0.39, 0.29) is 10.7 Å². The van der Waals surface area contributed by atoms with Gasteiger partial charge in [-0.05, 0) is 31.2 Å². The van der Waals surface area contributed by atoms with Crippen LogP contribution in [0.25, 0.3) is 0 Å². The molecule has 0 aliphatic heterocycles. The van der Waals surface area contributed by atoms with Crippen LogP contribution in [0.3, 0.4) is 0 Å². The number of likely N-dealkylation sites (N-methyl/N-ethyl adjacent to an activating group) is 1. The van der Waals surface area contributed by atoms with Crippen LogP contribution in [0.2, 0.25) is 0 Å². The Hall–Kier alpha value is -2.23. The zero-order valence-corrected chi connectivity index (χ0v) is 16.6. The molecule has 2 aromatic rings.